The summed E-state index contributed by atoms with van der Waals surface area (Å²) in [6, 6.07) is 8.62. The van der Waals surface area contributed by atoms with Crippen LogP contribution in [0.15, 0.2) is 58.1 Å². The predicted molar refractivity (Wildman–Crippen MR) is 143 cm³/mol. The number of nitrogens with zero attached hydrogens (tertiary/aromatic N) is 4. The predicted octanol–water partition coefficient (Wildman–Crippen LogP) is 6.62. The van der Waals surface area contributed by atoms with Crippen molar-refractivity contribution in [2.75, 3.05) is 4.90 Å². The molecule has 0 fully saturated rings. The zero-order valence-electron chi connectivity index (χ0n) is 19.7. The smallest absolute Gasteiger partial charge is 0.296 e. The Labute approximate surface area is 232 Å². The molecule has 0 saturated carbocycles. The molecule has 0 radical (unpaired) electrons. The SMILES string of the molecule is Cc1nc(C)c(C(=O)C2=C(O)C(=O)N(c3nnc(SCc4ccc(F)cc4)s3)C2c2c(F)cccc2Cl)s1. The van der Waals surface area contributed by atoms with Crippen molar-refractivity contribution in [3.63, 3.8) is 0 Å². The first kappa shape index (κ1) is 26.4. The number of carbonyl (C=O) groups excluding carboxylic acids is 2. The third-order valence-corrected chi connectivity index (χ3v) is 9.24. The molecule has 7 nitrogen and oxygen atoms in total. The van der Waals surface area contributed by atoms with Gasteiger partial charge in [-0.2, -0.15) is 0 Å². The summed E-state index contributed by atoms with van der Waals surface area (Å²) in [5.41, 5.74) is 0.815. The van der Waals surface area contributed by atoms with E-state index in [0.29, 0.717) is 20.8 Å². The van der Waals surface area contributed by atoms with Crippen molar-refractivity contribution in [2.24, 2.45) is 0 Å². The second-order valence-corrected chi connectivity index (χ2v) is 12.0. The van der Waals surface area contributed by atoms with Crippen LogP contribution in [0.5, 0.6) is 0 Å². The molecule has 1 unspecified atom stereocenters. The molecule has 2 aromatic carbocycles. The van der Waals surface area contributed by atoms with E-state index in [9.17, 15) is 19.1 Å². The first-order chi connectivity index (χ1) is 18.2. The molecule has 1 N–H and O–H groups in total. The van der Waals surface area contributed by atoms with E-state index < -0.39 is 29.3 Å². The Morgan fingerprint density at radius 2 is 1.87 bits per heavy atom. The molecular formula is C25H17ClF2N4O3S3. The molecule has 4 aromatic rings. The van der Waals surface area contributed by atoms with E-state index >= 15 is 4.39 Å². The highest BCUT2D eigenvalue weighted by Crippen LogP contribution is 2.46. The van der Waals surface area contributed by atoms with Crippen LogP contribution in [0, 0.1) is 25.5 Å². The minimum absolute atomic E-state index is 0.0274. The van der Waals surface area contributed by atoms with Gasteiger partial charge in [0.15, 0.2) is 10.1 Å². The number of Topliss-reactive ketones (excluding diaryl/α,β-unsaturated/α-hetero) is 1. The molecule has 1 amide bonds. The van der Waals surface area contributed by atoms with Gasteiger partial charge in [-0.15, -0.1) is 21.5 Å². The quantitative estimate of drug-likeness (QED) is 0.147. The number of aryl methyl sites for hydroxylation is 2. The molecule has 0 aliphatic carbocycles. The lowest BCUT2D eigenvalue weighted by molar-refractivity contribution is -0.117. The number of hydrogen-bond acceptors (Lipinski definition) is 9. The number of aliphatic hydroxyl groups excluding tert-OH is 1. The maximum atomic E-state index is 15.2. The molecule has 194 valence electrons. The van der Waals surface area contributed by atoms with Crippen LogP contribution in [-0.4, -0.2) is 32.0 Å². The zero-order valence-corrected chi connectivity index (χ0v) is 22.9. The van der Waals surface area contributed by atoms with Crippen molar-refractivity contribution < 1.29 is 23.5 Å². The minimum Gasteiger partial charge on any atom is -0.503 e. The number of amides is 1. The standard InChI is InChI=1S/C25H17ClF2N4O3S3/c1-11-22(37-12(2)29-11)20(33)18-19(17-15(26)4-3-5-16(17)28)32(23(35)21(18)34)24-30-31-25(38-24)36-10-13-6-8-14(27)9-7-13/h3-9,19,34H,10H2,1-2H3. The summed E-state index contributed by atoms with van der Waals surface area (Å²) in [6.07, 6.45) is 0. The molecule has 38 heavy (non-hydrogen) atoms. The first-order valence-electron chi connectivity index (χ1n) is 11.1. The van der Waals surface area contributed by atoms with Crippen LogP contribution in [0.25, 0.3) is 0 Å². The van der Waals surface area contributed by atoms with Gasteiger partial charge < -0.3 is 5.11 Å². The third-order valence-electron chi connectivity index (χ3n) is 5.71. The Morgan fingerprint density at radius 3 is 2.53 bits per heavy atom. The molecule has 0 spiro atoms. The fraction of sp³-hybridized carbons (Fsp3) is 0.160. The van der Waals surface area contributed by atoms with E-state index in [1.165, 1.54) is 36.0 Å². The largest absolute Gasteiger partial charge is 0.503 e. The molecule has 1 aliphatic heterocycles. The fourth-order valence-corrected chi connectivity index (χ4v) is 6.99. The summed E-state index contributed by atoms with van der Waals surface area (Å²) in [5.74, 6) is -3.04. The summed E-state index contributed by atoms with van der Waals surface area (Å²) < 4.78 is 28.9. The van der Waals surface area contributed by atoms with Crippen LogP contribution in [-0.2, 0) is 10.5 Å². The summed E-state index contributed by atoms with van der Waals surface area (Å²) >= 11 is 9.83. The molecule has 1 aliphatic rings. The molecule has 0 bridgehead atoms. The Balaban J connectivity index is 1.54. The molecule has 3 heterocycles. The molecule has 0 saturated heterocycles. The number of aliphatic hydroxyl groups is 1. The Kier molecular flexibility index (Phi) is 7.32. The highest BCUT2D eigenvalue weighted by Gasteiger charge is 2.48. The second kappa shape index (κ2) is 10.5. The summed E-state index contributed by atoms with van der Waals surface area (Å²) in [6.45, 7) is 3.37. The Hall–Kier alpha value is -3.19. The van der Waals surface area contributed by atoms with Crippen LogP contribution < -0.4 is 4.90 Å². The van der Waals surface area contributed by atoms with Gasteiger partial charge in [0.1, 0.15) is 17.7 Å². The fourth-order valence-electron chi connectivity index (χ4n) is 4.03. The average Bonchev–Trinajstić information content (AvgIpc) is 3.54. The normalized spacial score (nSPS) is 15.6. The van der Waals surface area contributed by atoms with Crippen molar-refractivity contribution in [3.8, 4) is 0 Å². The van der Waals surface area contributed by atoms with Gasteiger partial charge >= 0.3 is 0 Å². The molecule has 1 atom stereocenters. The van der Waals surface area contributed by atoms with Gasteiger partial charge in [0.2, 0.25) is 10.9 Å². The lowest BCUT2D eigenvalue weighted by atomic mass is 9.94. The number of ketones is 1. The first-order valence-corrected chi connectivity index (χ1v) is 14.1. The second-order valence-electron chi connectivity index (χ2n) is 8.22. The maximum absolute atomic E-state index is 15.2. The Bertz CT molecular complexity index is 1580. The van der Waals surface area contributed by atoms with Crippen molar-refractivity contribution in [3.05, 3.63) is 97.2 Å². The van der Waals surface area contributed by atoms with Crippen molar-refractivity contribution in [2.45, 2.75) is 30.0 Å². The van der Waals surface area contributed by atoms with Gasteiger partial charge in [-0.05, 0) is 43.7 Å². The number of thiazole rings is 1. The number of hydrogen-bond donors (Lipinski definition) is 1. The molecular weight excluding hydrogens is 574 g/mol. The monoisotopic (exact) mass is 590 g/mol. The van der Waals surface area contributed by atoms with Gasteiger partial charge in [0.25, 0.3) is 5.91 Å². The number of carbonyl (C=O) groups is 2. The highest BCUT2D eigenvalue weighted by atomic mass is 35.5. The van der Waals surface area contributed by atoms with Crippen LogP contribution in [0.4, 0.5) is 13.9 Å². The van der Waals surface area contributed by atoms with E-state index in [4.69, 9.17) is 11.6 Å². The van der Waals surface area contributed by atoms with Gasteiger partial charge in [0, 0.05) is 16.3 Å². The molecule has 2 aromatic heterocycles. The minimum atomic E-state index is -1.38. The number of aromatic nitrogens is 3. The number of thioether (sulfide) groups is 1. The molecule has 5 rings (SSSR count). The zero-order chi connectivity index (χ0) is 27.1. The Morgan fingerprint density at radius 1 is 1.13 bits per heavy atom. The number of halogens is 3. The number of rotatable bonds is 7. The van der Waals surface area contributed by atoms with Crippen LogP contribution >= 0.6 is 46.0 Å². The van der Waals surface area contributed by atoms with Gasteiger partial charge in [-0.3, -0.25) is 14.5 Å². The summed E-state index contributed by atoms with van der Waals surface area (Å²) in [4.78, 5) is 32.5. The number of anilines is 1. The molecule has 13 heteroatoms. The topological polar surface area (TPSA) is 96.3 Å². The van der Waals surface area contributed by atoms with E-state index in [1.54, 1.807) is 26.0 Å². The number of benzene rings is 2. The van der Waals surface area contributed by atoms with Gasteiger partial charge in [-0.1, -0.05) is 52.9 Å². The summed E-state index contributed by atoms with van der Waals surface area (Å²) in [7, 11) is 0. The summed E-state index contributed by atoms with van der Waals surface area (Å²) in [5, 5.41) is 19.8. The van der Waals surface area contributed by atoms with Gasteiger partial charge in [-0.25, -0.2) is 13.8 Å². The lowest BCUT2D eigenvalue weighted by Gasteiger charge is -2.25. The van der Waals surface area contributed by atoms with E-state index in [0.717, 1.165) is 39.2 Å². The van der Waals surface area contributed by atoms with Crippen molar-refractivity contribution in [1.29, 1.82) is 0 Å². The lowest BCUT2D eigenvalue weighted by Crippen LogP contribution is -2.31. The van der Waals surface area contributed by atoms with Crippen LogP contribution in [0.1, 0.15) is 37.5 Å². The van der Waals surface area contributed by atoms with Crippen molar-refractivity contribution >= 4 is 62.9 Å². The van der Waals surface area contributed by atoms with E-state index in [-0.39, 0.29) is 32.0 Å². The van der Waals surface area contributed by atoms with Gasteiger partial charge in [0.05, 0.1) is 21.2 Å². The maximum Gasteiger partial charge on any atom is 0.296 e. The van der Waals surface area contributed by atoms with E-state index in [2.05, 4.69) is 15.2 Å². The van der Waals surface area contributed by atoms with Crippen molar-refractivity contribution in [1.82, 2.24) is 15.2 Å². The average molecular weight is 591 g/mol. The third kappa shape index (κ3) is 4.84. The van der Waals surface area contributed by atoms with E-state index in [1.807, 2.05) is 0 Å². The van der Waals surface area contributed by atoms with Crippen LogP contribution in [0.2, 0.25) is 5.02 Å². The van der Waals surface area contributed by atoms with Crippen LogP contribution in [0.3, 0.4) is 0 Å². The highest BCUT2D eigenvalue weighted by molar-refractivity contribution is 8.00.